The van der Waals surface area contributed by atoms with Gasteiger partial charge in [0.25, 0.3) is 0 Å². The van der Waals surface area contributed by atoms with Gasteiger partial charge in [0.05, 0.1) is 6.04 Å². The quantitative estimate of drug-likeness (QED) is 0.680. The van der Waals surface area contributed by atoms with Crippen molar-refractivity contribution >= 4 is 5.91 Å². The zero-order chi connectivity index (χ0) is 12.1. The van der Waals surface area contributed by atoms with Crippen molar-refractivity contribution in [2.75, 3.05) is 45.8 Å². The summed E-state index contributed by atoms with van der Waals surface area (Å²) < 4.78 is 0. The van der Waals surface area contributed by atoms with Crippen molar-refractivity contribution in [2.45, 2.75) is 25.3 Å². The summed E-state index contributed by atoms with van der Waals surface area (Å²) in [5.41, 5.74) is 6.03. The molecule has 5 heteroatoms. The minimum absolute atomic E-state index is 0.122. The molecule has 2 fully saturated rings. The summed E-state index contributed by atoms with van der Waals surface area (Å²) >= 11 is 0. The zero-order valence-electron chi connectivity index (χ0n) is 10.5. The fourth-order valence-electron chi connectivity index (χ4n) is 2.62. The molecule has 98 valence electrons. The molecule has 0 bridgehead atoms. The lowest BCUT2D eigenvalue weighted by atomic mass is 10.1. The van der Waals surface area contributed by atoms with E-state index in [2.05, 4.69) is 10.2 Å². The summed E-state index contributed by atoms with van der Waals surface area (Å²) in [6.07, 6.45) is 3.81. The minimum atomic E-state index is -0.341. The molecule has 2 saturated heterocycles. The first kappa shape index (κ1) is 12.8. The van der Waals surface area contributed by atoms with E-state index in [1.807, 2.05) is 4.90 Å². The Morgan fingerprint density at radius 3 is 2.41 bits per heavy atom. The predicted octanol–water partition coefficient (Wildman–Crippen LogP) is -0.769. The molecule has 0 aromatic carbocycles. The highest BCUT2D eigenvalue weighted by Crippen LogP contribution is 2.09. The Bertz CT molecular complexity index is 247. The van der Waals surface area contributed by atoms with Gasteiger partial charge in [-0.3, -0.25) is 4.79 Å². The third-order valence-corrected chi connectivity index (χ3v) is 3.65. The van der Waals surface area contributed by atoms with E-state index in [0.717, 1.165) is 45.8 Å². The number of piperazine rings is 1. The fourth-order valence-corrected chi connectivity index (χ4v) is 2.62. The van der Waals surface area contributed by atoms with Gasteiger partial charge in [0.1, 0.15) is 0 Å². The lowest BCUT2D eigenvalue weighted by Gasteiger charge is -2.33. The molecular formula is C12H24N4O. The van der Waals surface area contributed by atoms with E-state index in [1.165, 1.54) is 19.3 Å². The van der Waals surface area contributed by atoms with Crippen molar-refractivity contribution in [1.29, 1.82) is 0 Å². The van der Waals surface area contributed by atoms with E-state index in [1.54, 1.807) is 0 Å². The Hall–Kier alpha value is -0.650. The summed E-state index contributed by atoms with van der Waals surface area (Å²) in [6, 6.07) is -0.341. The Balaban J connectivity index is 1.77. The highest BCUT2D eigenvalue weighted by Gasteiger charge is 2.24. The largest absolute Gasteiger partial charge is 0.339 e. The van der Waals surface area contributed by atoms with Crippen molar-refractivity contribution in [1.82, 2.24) is 15.1 Å². The Morgan fingerprint density at radius 1 is 1.12 bits per heavy atom. The highest BCUT2D eigenvalue weighted by atomic mass is 16.2. The van der Waals surface area contributed by atoms with Crippen molar-refractivity contribution in [3.63, 3.8) is 0 Å². The lowest BCUT2D eigenvalue weighted by Crippen LogP contribution is -2.55. The Morgan fingerprint density at radius 2 is 1.76 bits per heavy atom. The summed E-state index contributed by atoms with van der Waals surface area (Å²) in [5.74, 6) is 0.122. The van der Waals surface area contributed by atoms with Gasteiger partial charge in [0, 0.05) is 32.7 Å². The van der Waals surface area contributed by atoms with Gasteiger partial charge in [-0.25, -0.2) is 0 Å². The van der Waals surface area contributed by atoms with Crippen LogP contribution in [0.15, 0.2) is 0 Å². The number of hydrogen-bond donors (Lipinski definition) is 2. The van der Waals surface area contributed by atoms with Crippen LogP contribution in [0.1, 0.15) is 19.3 Å². The molecule has 17 heavy (non-hydrogen) atoms. The van der Waals surface area contributed by atoms with Crippen LogP contribution >= 0.6 is 0 Å². The average molecular weight is 240 g/mol. The molecule has 0 spiro atoms. The van der Waals surface area contributed by atoms with Gasteiger partial charge < -0.3 is 20.9 Å². The summed E-state index contributed by atoms with van der Waals surface area (Å²) in [4.78, 5) is 16.3. The first-order valence-corrected chi connectivity index (χ1v) is 6.75. The van der Waals surface area contributed by atoms with Crippen LogP contribution in [-0.2, 0) is 4.79 Å². The topological polar surface area (TPSA) is 61.6 Å². The molecule has 0 radical (unpaired) electrons. The summed E-state index contributed by atoms with van der Waals surface area (Å²) in [7, 11) is 0. The second kappa shape index (κ2) is 6.33. The number of rotatable bonds is 3. The minimum Gasteiger partial charge on any atom is -0.339 e. The molecule has 0 aromatic rings. The first-order valence-electron chi connectivity index (χ1n) is 6.75. The molecule has 2 heterocycles. The van der Waals surface area contributed by atoms with Gasteiger partial charge in [-0.05, 0) is 25.9 Å². The smallest absolute Gasteiger partial charge is 0.240 e. The third kappa shape index (κ3) is 3.66. The SMILES string of the molecule is NC(CN1CCCCC1)C(=O)N1CCNCC1. The number of likely N-dealkylation sites (tertiary alicyclic amines) is 1. The number of nitrogens with two attached hydrogens (primary N) is 1. The van der Waals surface area contributed by atoms with Gasteiger partial charge in [0.15, 0.2) is 0 Å². The molecule has 0 aromatic heterocycles. The van der Waals surface area contributed by atoms with E-state index in [9.17, 15) is 4.79 Å². The van der Waals surface area contributed by atoms with Gasteiger partial charge in [-0.2, -0.15) is 0 Å². The van der Waals surface area contributed by atoms with E-state index < -0.39 is 0 Å². The maximum atomic E-state index is 12.1. The predicted molar refractivity (Wildman–Crippen MR) is 67.7 cm³/mol. The second-order valence-corrected chi connectivity index (χ2v) is 5.04. The molecule has 2 rings (SSSR count). The Kier molecular flexibility index (Phi) is 4.76. The van der Waals surface area contributed by atoms with Crippen LogP contribution in [0.2, 0.25) is 0 Å². The van der Waals surface area contributed by atoms with Crippen molar-refractivity contribution in [3.8, 4) is 0 Å². The van der Waals surface area contributed by atoms with Crippen molar-refractivity contribution in [3.05, 3.63) is 0 Å². The molecule has 2 aliphatic heterocycles. The number of nitrogens with one attached hydrogen (secondary N) is 1. The molecule has 0 saturated carbocycles. The van der Waals surface area contributed by atoms with Crippen LogP contribution in [0.4, 0.5) is 0 Å². The van der Waals surface area contributed by atoms with Crippen molar-refractivity contribution < 1.29 is 4.79 Å². The first-order chi connectivity index (χ1) is 8.27. The lowest BCUT2D eigenvalue weighted by molar-refractivity contribution is -0.133. The maximum absolute atomic E-state index is 12.1. The van der Waals surface area contributed by atoms with Crippen LogP contribution in [0.25, 0.3) is 0 Å². The van der Waals surface area contributed by atoms with E-state index >= 15 is 0 Å². The number of amides is 1. The Labute approximate surface area is 103 Å². The molecule has 1 amide bonds. The third-order valence-electron chi connectivity index (χ3n) is 3.65. The molecule has 2 aliphatic rings. The van der Waals surface area contributed by atoms with Crippen molar-refractivity contribution in [2.24, 2.45) is 5.73 Å². The fraction of sp³-hybridized carbons (Fsp3) is 0.917. The van der Waals surface area contributed by atoms with Crippen LogP contribution in [-0.4, -0.2) is 67.6 Å². The van der Waals surface area contributed by atoms with Crippen LogP contribution < -0.4 is 11.1 Å². The molecule has 5 nitrogen and oxygen atoms in total. The average Bonchev–Trinajstić information content (AvgIpc) is 2.40. The standard InChI is InChI=1S/C12H24N4O/c13-11(10-15-6-2-1-3-7-15)12(17)16-8-4-14-5-9-16/h11,14H,1-10,13H2. The molecule has 3 N–H and O–H groups in total. The number of nitrogens with zero attached hydrogens (tertiary/aromatic N) is 2. The number of carbonyl (C=O) groups excluding carboxylic acids is 1. The molecule has 1 unspecified atom stereocenters. The van der Waals surface area contributed by atoms with Gasteiger partial charge in [-0.15, -0.1) is 0 Å². The van der Waals surface area contributed by atoms with E-state index in [4.69, 9.17) is 5.73 Å². The highest BCUT2D eigenvalue weighted by molar-refractivity contribution is 5.82. The van der Waals surface area contributed by atoms with Crippen LogP contribution in [0.5, 0.6) is 0 Å². The molecule has 1 atom stereocenters. The molecular weight excluding hydrogens is 216 g/mol. The van der Waals surface area contributed by atoms with Crippen LogP contribution in [0, 0.1) is 0 Å². The molecule has 0 aliphatic carbocycles. The normalized spacial score (nSPS) is 24.6. The monoisotopic (exact) mass is 240 g/mol. The van der Waals surface area contributed by atoms with E-state index in [-0.39, 0.29) is 11.9 Å². The van der Waals surface area contributed by atoms with Gasteiger partial charge in [0.2, 0.25) is 5.91 Å². The zero-order valence-corrected chi connectivity index (χ0v) is 10.5. The number of piperidine rings is 1. The van der Waals surface area contributed by atoms with E-state index in [0.29, 0.717) is 0 Å². The van der Waals surface area contributed by atoms with Crippen LogP contribution in [0.3, 0.4) is 0 Å². The van der Waals surface area contributed by atoms with Gasteiger partial charge >= 0.3 is 0 Å². The number of hydrogen-bond acceptors (Lipinski definition) is 4. The summed E-state index contributed by atoms with van der Waals surface area (Å²) in [5, 5.41) is 3.24. The van der Waals surface area contributed by atoms with Gasteiger partial charge in [-0.1, -0.05) is 6.42 Å². The second-order valence-electron chi connectivity index (χ2n) is 5.04. The maximum Gasteiger partial charge on any atom is 0.240 e. The number of carbonyl (C=O) groups is 1. The summed E-state index contributed by atoms with van der Waals surface area (Å²) in [6.45, 7) is 6.30.